The lowest BCUT2D eigenvalue weighted by Crippen LogP contribution is -2.33. The average Bonchev–Trinajstić information content (AvgIpc) is 2.40. The zero-order valence-corrected chi connectivity index (χ0v) is 13.0. The third kappa shape index (κ3) is 5.43. The number of amides is 2. The number of hydrogen-bond donors (Lipinski definition) is 2. The van der Waals surface area contributed by atoms with Crippen molar-refractivity contribution >= 4 is 17.7 Å². The minimum atomic E-state index is -1.01. The molecule has 2 N–H and O–H groups in total. The topological polar surface area (TPSA) is 72.9 Å². The molecular weight excluding hydrogens is 270 g/mol. The van der Waals surface area contributed by atoms with Crippen molar-refractivity contribution in [3.05, 3.63) is 29.3 Å². The fourth-order valence-electron chi connectivity index (χ4n) is 1.83. The fraction of sp³-hybridized carbons (Fsp3) is 0.467. The number of carbonyl (C=O) groups is 2. The second-order valence-electron chi connectivity index (χ2n) is 5.34. The van der Waals surface area contributed by atoms with Gasteiger partial charge in [-0.15, -0.1) is 0 Å². The molecule has 116 valence electrons. The highest BCUT2D eigenvalue weighted by Gasteiger charge is 2.12. The first kappa shape index (κ1) is 17.0. The molecule has 2 amide bonds. The van der Waals surface area contributed by atoms with E-state index in [1.807, 2.05) is 21.0 Å². The largest absolute Gasteiger partial charge is 0.478 e. The SMILES string of the molecule is Cc1ccc(C(=O)O)cc1NC(=O)N(C)CCCN(C)C. The van der Waals surface area contributed by atoms with Crippen LogP contribution in [-0.4, -0.2) is 61.1 Å². The molecule has 1 aromatic rings. The number of aromatic carboxylic acids is 1. The highest BCUT2D eigenvalue weighted by molar-refractivity contribution is 5.93. The number of carbonyl (C=O) groups excluding carboxylic acids is 1. The highest BCUT2D eigenvalue weighted by atomic mass is 16.4. The molecule has 0 aliphatic rings. The van der Waals surface area contributed by atoms with Gasteiger partial charge in [0.05, 0.1) is 5.56 Å². The van der Waals surface area contributed by atoms with Crippen LogP contribution in [0, 0.1) is 6.92 Å². The van der Waals surface area contributed by atoms with Crippen molar-refractivity contribution < 1.29 is 14.7 Å². The van der Waals surface area contributed by atoms with Crippen LogP contribution < -0.4 is 5.32 Å². The monoisotopic (exact) mass is 293 g/mol. The number of nitrogens with one attached hydrogen (secondary N) is 1. The number of hydrogen-bond acceptors (Lipinski definition) is 3. The molecule has 0 spiro atoms. The van der Waals surface area contributed by atoms with Crippen LogP contribution in [-0.2, 0) is 0 Å². The van der Waals surface area contributed by atoms with E-state index in [2.05, 4.69) is 10.2 Å². The molecule has 0 unspecified atom stereocenters. The maximum atomic E-state index is 12.1. The Hall–Kier alpha value is -2.08. The van der Waals surface area contributed by atoms with Crippen LogP contribution in [0.3, 0.4) is 0 Å². The highest BCUT2D eigenvalue weighted by Crippen LogP contribution is 2.17. The van der Waals surface area contributed by atoms with Crippen LogP contribution in [0.4, 0.5) is 10.5 Å². The Labute approximate surface area is 125 Å². The third-order valence-electron chi connectivity index (χ3n) is 3.17. The van der Waals surface area contributed by atoms with Gasteiger partial charge in [-0.05, 0) is 51.7 Å². The number of nitrogens with zero attached hydrogens (tertiary/aromatic N) is 2. The fourth-order valence-corrected chi connectivity index (χ4v) is 1.83. The van der Waals surface area contributed by atoms with Gasteiger partial charge in [0.25, 0.3) is 0 Å². The van der Waals surface area contributed by atoms with Gasteiger partial charge in [0.15, 0.2) is 0 Å². The van der Waals surface area contributed by atoms with Crippen LogP contribution in [0.25, 0.3) is 0 Å². The van der Waals surface area contributed by atoms with Gasteiger partial charge in [0, 0.05) is 19.3 Å². The maximum absolute atomic E-state index is 12.1. The van der Waals surface area contributed by atoms with E-state index in [1.165, 1.54) is 12.1 Å². The molecule has 1 rings (SSSR count). The summed E-state index contributed by atoms with van der Waals surface area (Å²) in [6.45, 7) is 3.38. The van der Waals surface area contributed by atoms with Crippen LogP contribution in [0.2, 0.25) is 0 Å². The van der Waals surface area contributed by atoms with Crippen molar-refractivity contribution in [3.8, 4) is 0 Å². The molecule has 0 radical (unpaired) electrons. The molecule has 0 aliphatic heterocycles. The average molecular weight is 293 g/mol. The summed E-state index contributed by atoms with van der Waals surface area (Å²) >= 11 is 0. The molecule has 1 aromatic carbocycles. The molecule has 6 heteroatoms. The van der Waals surface area contributed by atoms with Crippen LogP contribution in [0.15, 0.2) is 18.2 Å². The molecular formula is C15H23N3O3. The minimum absolute atomic E-state index is 0.158. The van der Waals surface area contributed by atoms with Crippen molar-refractivity contribution in [2.24, 2.45) is 0 Å². The number of carboxylic acid groups (broad SMARTS) is 1. The first-order valence-corrected chi connectivity index (χ1v) is 6.82. The number of aryl methyl sites for hydroxylation is 1. The van der Waals surface area contributed by atoms with Gasteiger partial charge in [-0.25, -0.2) is 9.59 Å². The zero-order chi connectivity index (χ0) is 16.0. The Balaban J connectivity index is 2.65. The summed E-state index contributed by atoms with van der Waals surface area (Å²) in [7, 11) is 5.70. The van der Waals surface area contributed by atoms with E-state index >= 15 is 0 Å². The molecule has 0 atom stereocenters. The molecule has 0 bridgehead atoms. The van der Waals surface area contributed by atoms with Gasteiger partial charge >= 0.3 is 12.0 Å². The third-order valence-corrected chi connectivity index (χ3v) is 3.17. The van der Waals surface area contributed by atoms with E-state index in [1.54, 1.807) is 18.0 Å². The Morgan fingerprint density at radius 1 is 1.19 bits per heavy atom. The van der Waals surface area contributed by atoms with Gasteiger partial charge in [0.2, 0.25) is 0 Å². The van der Waals surface area contributed by atoms with Gasteiger partial charge in [0.1, 0.15) is 0 Å². The summed E-state index contributed by atoms with van der Waals surface area (Å²) in [4.78, 5) is 26.7. The quantitative estimate of drug-likeness (QED) is 0.842. The Kier molecular flexibility index (Phi) is 6.17. The maximum Gasteiger partial charge on any atom is 0.335 e. The van der Waals surface area contributed by atoms with Crippen molar-refractivity contribution in [2.75, 3.05) is 39.5 Å². The van der Waals surface area contributed by atoms with Gasteiger partial charge < -0.3 is 20.2 Å². The van der Waals surface area contributed by atoms with Gasteiger partial charge in [-0.1, -0.05) is 6.07 Å². The summed E-state index contributed by atoms with van der Waals surface area (Å²) in [6.07, 6.45) is 0.880. The number of anilines is 1. The van der Waals surface area contributed by atoms with Crippen LogP contribution >= 0.6 is 0 Å². The second-order valence-corrected chi connectivity index (χ2v) is 5.34. The Morgan fingerprint density at radius 3 is 2.43 bits per heavy atom. The van der Waals surface area contributed by atoms with Gasteiger partial charge in [-0.3, -0.25) is 0 Å². The first-order chi connectivity index (χ1) is 9.81. The first-order valence-electron chi connectivity index (χ1n) is 6.82. The van der Waals surface area contributed by atoms with E-state index < -0.39 is 5.97 Å². The predicted molar refractivity (Wildman–Crippen MR) is 83.0 cm³/mol. The lowest BCUT2D eigenvalue weighted by Gasteiger charge is -2.20. The molecule has 0 aliphatic carbocycles. The van der Waals surface area contributed by atoms with Crippen molar-refractivity contribution in [1.82, 2.24) is 9.80 Å². The van der Waals surface area contributed by atoms with E-state index in [0.717, 1.165) is 18.5 Å². The Bertz CT molecular complexity index is 515. The van der Waals surface area contributed by atoms with Crippen molar-refractivity contribution in [2.45, 2.75) is 13.3 Å². The summed E-state index contributed by atoms with van der Waals surface area (Å²) in [5.74, 6) is -1.01. The number of carboxylic acids is 1. The smallest absolute Gasteiger partial charge is 0.335 e. The lowest BCUT2D eigenvalue weighted by molar-refractivity contribution is 0.0697. The number of benzene rings is 1. The lowest BCUT2D eigenvalue weighted by atomic mass is 10.1. The zero-order valence-electron chi connectivity index (χ0n) is 13.0. The molecule has 0 fully saturated rings. The predicted octanol–water partition coefficient (Wildman–Crippen LogP) is 2.11. The second kappa shape index (κ2) is 7.64. The van der Waals surface area contributed by atoms with Crippen LogP contribution in [0.1, 0.15) is 22.3 Å². The van der Waals surface area contributed by atoms with E-state index in [9.17, 15) is 9.59 Å². The van der Waals surface area contributed by atoms with E-state index in [0.29, 0.717) is 12.2 Å². The summed E-state index contributed by atoms with van der Waals surface area (Å²) in [5.41, 5.74) is 1.51. The molecule has 0 saturated heterocycles. The Morgan fingerprint density at radius 2 is 1.86 bits per heavy atom. The minimum Gasteiger partial charge on any atom is -0.478 e. The number of urea groups is 1. The van der Waals surface area contributed by atoms with Crippen molar-refractivity contribution in [1.29, 1.82) is 0 Å². The van der Waals surface area contributed by atoms with Crippen molar-refractivity contribution in [3.63, 3.8) is 0 Å². The number of rotatable bonds is 6. The standard InChI is InChI=1S/C15H23N3O3/c1-11-6-7-12(14(19)20)10-13(11)16-15(21)18(4)9-5-8-17(2)3/h6-7,10H,5,8-9H2,1-4H3,(H,16,21)(H,19,20). The summed E-state index contributed by atoms with van der Waals surface area (Å²) in [5, 5.41) is 11.7. The van der Waals surface area contributed by atoms with Gasteiger partial charge in [-0.2, -0.15) is 0 Å². The molecule has 0 aromatic heterocycles. The van der Waals surface area contributed by atoms with Crippen LogP contribution in [0.5, 0.6) is 0 Å². The molecule has 0 saturated carbocycles. The van der Waals surface area contributed by atoms with E-state index in [-0.39, 0.29) is 11.6 Å². The van der Waals surface area contributed by atoms with E-state index in [4.69, 9.17) is 5.11 Å². The molecule has 0 heterocycles. The molecule has 21 heavy (non-hydrogen) atoms. The molecule has 6 nitrogen and oxygen atoms in total. The normalized spacial score (nSPS) is 10.5. The summed E-state index contributed by atoms with van der Waals surface area (Å²) in [6, 6.07) is 4.45. The summed E-state index contributed by atoms with van der Waals surface area (Å²) < 4.78 is 0.